The lowest BCUT2D eigenvalue weighted by Crippen LogP contribution is -2.06. The van der Waals surface area contributed by atoms with Crippen LogP contribution in [0.15, 0.2) is 47.3 Å². The van der Waals surface area contributed by atoms with Crippen molar-refractivity contribution in [2.45, 2.75) is 6.92 Å². The van der Waals surface area contributed by atoms with Crippen molar-refractivity contribution < 1.29 is 4.74 Å². The van der Waals surface area contributed by atoms with Gasteiger partial charge in [0.1, 0.15) is 5.75 Å². The largest absolute Gasteiger partial charge is 0.494 e. The van der Waals surface area contributed by atoms with E-state index in [-0.39, 0.29) is 5.43 Å². The Bertz CT molecular complexity index is 773. The van der Waals surface area contributed by atoms with Crippen LogP contribution in [0.25, 0.3) is 22.2 Å². The van der Waals surface area contributed by atoms with Gasteiger partial charge in [-0.1, -0.05) is 0 Å². The number of nitrogens with zero attached hydrogens (tertiary/aromatic N) is 1. The van der Waals surface area contributed by atoms with Crippen LogP contribution in [-0.4, -0.2) is 11.2 Å². The first kappa shape index (κ1) is 11.8. The first-order valence-corrected chi connectivity index (χ1v) is 6.35. The molecule has 0 saturated carbocycles. The van der Waals surface area contributed by atoms with E-state index in [1.165, 1.54) is 0 Å². The summed E-state index contributed by atoms with van der Waals surface area (Å²) in [6, 6.07) is 13.3. The summed E-state index contributed by atoms with van der Waals surface area (Å²) in [5, 5.41) is 1.14. The lowest BCUT2D eigenvalue weighted by Gasteiger charge is -2.16. The van der Waals surface area contributed by atoms with Crippen molar-refractivity contribution in [1.82, 2.24) is 4.57 Å². The predicted molar refractivity (Wildman–Crippen MR) is 77.0 cm³/mol. The second-order valence-electron chi connectivity index (χ2n) is 4.58. The Morgan fingerprint density at radius 2 is 1.95 bits per heavy atom. The fourth-order valence-electron chi connectivity index (χ4n) is 2.43. The minimum absolute atomic E-state index is 0.0309. The summed E-state index contributed by atoms with van der Waals surface area (Å²) < 4.78 is 7.57. The van der Waals surface area contributed by atoms with Crippen LogP contribution in [0.4, 0.5) is 0 Å². The zero-order valence-electron chi connectivity index (χ0n) is 11.0. The number of ether oxygens (including phenoxy) is 1. The Labute approximate surface area is 111 Å². The number of aromatic nitrogens is 1. The van der Waals surface area contributed by atoms with Gasteiger partial charge < -0.3 is 9.30 Å². The number of aryl methyl sites for hydroxylation is 1. The molecule has 0 spiro atoms. The van der Waals surface area contributed by atoms with Crippen molar-refractivity contribution in [2.75, 3.05) is 6.61 Å². The molecule has 0 N–H and O–H groups in total. The lowest BCUT2D eigenvalue weighted by atomic mass is 10.1. The standard InChI is InChI=1S/C16H15NO2/c1-3-19-14-7-5-12-8-11-4-6-13(18)9-15(11)17(2)16(12)10-14/h4-10H,3H2,1-2H3. The molecule has 0 atom stereocenters. The van der Waals surface area contributed by atoms with E-state index in [4.69, 9.17) is 4.74 Å². The summed E-state index contributed by atoms with van der Waals surface area (Å²) >= 11 is 0. The number of fused-ring (bicyclic) bond motifs is 2. The molecule has 1 aromatic rings. The normalized spacial score (nSPS) is 11.1. The molecule has 96 valence electrons. The number of pyridine rings is 1. The van der Waals surface area contributed by atoms with Crippen LogP contribution in [0.1, 0.15) is 6.92 Å². The van der Waals surface area contributed by atoms with E-state index >= 15 is 0 Å². The SMILES string of the molecule is CCOc1ccc2cc3ccc(=O)cc-3n(C)c2c1. The van der Waals surface area contributed by atoms with Crippen LogP contribution >= 0.6 is 0 Å². The highest BCUT2D eigenvalue weighted by atomic mass is 16.5. The number of hydrogen-bond donors (Lipinski definition) is 0. The second-order valence-corrected chi connectivity index (χ2v) is 4.58. The molecular formula is C16H15NO2. The smallest absolute Gasteiger partial charge is 0.180 e. The molecule has 3 heteroatoms. The van der Waals surface area contributed by atoms with Crippen molar-refractivity contribution in [2.24, 2.45) is 7.05 Å². The molecule has 1 aromatic carbocycles. The molecule has 0 fully saturated rings. The van der Waals surface area contributed by atoms with E-state index in [0.29, 0.717) is 6.61 Å². The number of benzene rings is 2. The molecule has 0 amide bonds. The fraction of sp³-hybridized carbons (Fsp3) is 0.188. The fourth-order valence-corrected chi connectivity index (χ4v) is 2.43. The van der Waals surface area contributed by atoms with Crippen molar-refractivity contribution in [3.05, 3.63) is 52.7 Å². The van der Waals surface area contributed by atoms with Crippen LogP contribution in [0.5, 0.6) is 5.75 Å². The third kappa shape index (κ3) is 1.97. The van der Waals surface area contributed by atoms with Crippen LogP contribution in [0.2, 0.25) is 0 Å². The Kier molecular flexibility index (Phi) is 2.75. The number of rotatable bonds is 2. The van der Waals surface area contributed by atoms with Crippen molar-refractivity contribution in [1.29, 1.82) is 0 Å². The highest BCUT2D eigenvalue weighted by molar-refractivity contribution is 5.87. The summed E-state index contributed by atoms with van der Waals surface area (Å²) in [4.78, 5) is 11.5. The van der Waals surface area contributed by atoms with Gasteiger partial charge in [-0.15, -0.1) is 0 Å². The first-order chi connectivity index (χ1) is 9.19. The van der Waals surface area contributed by atoms with Crippen molar-refractivity contribution >= 4 is 10.9 Å². The molecular weight excluding hydrogens is 238 g/mol. The van der Waals surface area contributed by atoms with Crippen LogP contribution in [0, 0.1) is 0 Å². The second kappa shape index (κ2) is 4.43. The van der Waals surface area contributed by atoms with Gasteiger partial charge in [-0.3, -0.25) is 4.79 Å². The average Bonchev–Trinajstić information content (AvgIpc) is 2.41. The maximum absolute atomic E-state index is 11.5. The highest BCUT2D eigenvalue weighted by Gasteiger charge is 2.09. The molecule has 2 aliphatic rings. The first-order valence-electron chi connectivity index (χ1n) is 6.35. The average molecular weight is 253 g/mol. The van der Waals surface area contributed by atoms with Crippen molar-refractivity contribution in [3.63, 3.8) is 0 Å². The van der Waals surface area contributed by atoms with Crippen LogP contribution in [0.3, 0.4) is 0 Å². The van der Waals surface area contributed by atoms with Gasteiger partial charge in [0.15, 0.2) is 5.43 Å². The molecule has 0 unspecified atom stereocenters. The summed E-state index contributed by atoms with van der Waals surface area (Å²) in [6.07, 6.45) is 0. The molecule has 3 rings (SSSR count). The molecule has 0 radical (unpaired) electrons. The van der Waals surface area contributed by atoms with Crippen LogP contribution in [-0.2, 0) is 7.05 Å². The molecule has 1 aliphatic carbocycles. The van der Waals surface area contributed by atoms with E-state index in [2.05, 4.69) is 6.07 Å². The van der Waals surface area contributed by atoms with Gasteiger partial charge in [-0.05, 0) is 48.2 Å². The Morgan fingerprint density at radius 3 is 2.74 bits per heavy atom. The number of hydrogen-bond acceptors (Lipinski definition) is 2. The summed E-state index contributed by atoms with van der Waals surface area (Å²) in [6.45, 7) is 2.61. The third-order valence-electron chi connectivity index (χ3n) is 3.35. The summed E-state index contributed by atoms with van der Waals surface area (Å²) in [7, 11) is 1.97. The van der Waals surface area contributed by atoms with Gasteiger partial charge in [-0.25, -0.2) is 0 Å². The van der Waals surface area contributed by atoms with Gasteiger partial charge >= 0.3 is 0 Å². The van der Waals surface area contributed by atoms with E-state index in [1.54, 1.807) is 12.1 Å². The molecule has 19 heavy (non-hydrogen) atoms. The highest BCUT2D eigenvalue weighted by Crippen LogP contribution is 2.28. The van der Waals surface area contributed by atoms with E-state index in [9.17, 15) is 4.79 Å². The Balaban J connectivity index is 2.35. The molecule has 0 aromatic heterocycles. The minimum atomic E-state index is 0.0309. The molecule has 0 bridgehead atoms. The maximum atomic E-state index is 11.5. The van der Waals surface area contributed by atoms with Gasteiger partial charge in [-0.2, -0.15) is 0 Å². The van der Waals surface area contributed by atoms with Gasteiger partial charge in [0.05, 0.1) is 17.8 Å². The molecule has 0 saturated heterocycles. The summed E-state index contributed by atoms with van der Waals surface area (Å²) in [5.41, 5.74) is 3.10. The summed E-state index contributed by atoms with van der Waals surface area (Å²) in [5.74, 6) is 0.850. The van der Waals surface area contributed by atoms with E-state index in [0.717, 1.165) is 27.9 Å². The molecule has 1 aliphatic heterocycles. The lowest BCUT2D eigenvalue weighted by molar-refractivity contribution is 0.340. The van der Waals surface area contributed by atoms with E-state index in [1.807, 2.05) is 42.8 Å². The van der Waals surface area contributed by atoms with Gasteiger partial charge in [0.2, 0.25) is 0 Å². The Morgan fingerprint density at radius 1 is 1.11 bits per heavy atom. The van der Waals surface area contributed by atoms with Gasteiger partial charge in [0.25, 0.3) is 0 Å². The van der Waals surface area contributed by atoms with E-state index < -0.39 is 0 Å². The maximum Gasteiger partial charge on any atom is 0.180 e. The third-order valence-corrected chi connectivity index (χ3v) is 3.35. The molecule has 1 heterocycles. The quantitative estimate of drug-likeness (QED) is 0.657. The van der Waals surface area contributed by atoms with Crippen molar-refractivity contribution in [3.8, 4) is 17.0 Å². The molecule has 3 nitrogen and oxygen atoms in total. The minimum Gasteiger partial charge on any atom is -0.494 e. The van der Waals surface area contributed by atoms with Crippen LogP contribution < -0.4 is 10.2 Å². The van der Waals surface area contributed by atoms with Gasteiger partial charge in [0, 0.05) is 19.2 Å². The monoisotopic (exact) mass is 253 g/mol. The predicted octanol–water partition coefficient (Wildman–Crippen LogP) is 3.04. The Hall–Kier alpha value is -2.29. The topological polar surface area (TPSA) is 31.2 Å². The zero-order chi connectivity index (χ0) is 13.4. The zero-order valence-corrected chi connectivity index (χ0v) is 11.0.